The Labute approximate surface area is 236 Å². The summed E-state index contributed by atoms with van der Waals surface area (Å²) in [4.78, 5) is 41.5. The Morgan fingerprint density at radius 1 is 1.10 bits per heavy atom. The Balaban J connectivity index is 1.82. The Bertz CT molecular complexity index is 1240. The number of hydrogen-bond acceptors (Lipinski definition) is 5. The van der Waals surface area contributed by atoms with Gasteiger partial charge in [-0.3, -0.25) is 4.79 Å². The number of alkyl halides is 3. The molecule has 5 amide bonds. The Morgan fingerprint density at radius 3 is 2.32 bits per heavy atom. The van der Waals surface area contributed by atoms with Crippen LogP contribution in [0.1, 0.15) is 43.6 Å². The molecule has 3 rings (SSSR count). The third-order valence-electron chi connectivity index (χ3n) is 6.61. The summed E-state index contributed by atoms with van der Waals surface area (Å²) in [5.74, 6) is -0.418. The maximum absolute atomic E-state index is 13.5. The number of carbonyl (C=O) groups is 3. The summed E-state index contributed by atoms with van der Waals surface area (Å²) in [6.07, 6.45) is -5.08. The molecule has 10 nitrogen and oxygen atoms in total. The van der Waals surface area contributed by atoms with E-state index in [0.29, 0.717) is 5.69 Å². The number of anilines is 2. The van der Waals surface area contributed by atoms with Crippen LogP contribution in [-0.2, 0) is 6.18 Å². The number of nitrogens with one attached hydrogen (secondary N) is 3. The fourth-order valence-corrected chi connectivity index (χ4v) is 4.26. The summed E-state index contributed by atoms with van der Waals surface area (Å²) in [6.45, 7) is 7.21. The lowest BCUT2D eigenvalue weighted by molar-refractivity contribution is -0.137. The van der Waals surface area contributed by atoms with Gasteiger partial charge in [0, 0.05) is 36.9 Å². The van der Waals surface area contributed by atoms with E-state index in [9.17, 15) is 32.7 Å². The molecule has 0 bridgehead atoms. The molecule has 1 aliphatic heterocycles. The lowest BCUT2D eigenvalue weighted by atomic mass is 9.99. The van der Waals surface area contributed by atoms with Crippen molar-refractivity contribution in [1.82, 2.24) is 15.1 Å². The molecule has 0 saturated carbocycles. The summed E-state index contributed by atoms with van der Waals surface area (Å²) in [5, 5.41) is 17.8. The van der Waals surface area contributed by atoms with Gasteiger partial charge in [0.25, 0.3) is 5.91 Å². The second kappa shape index (κ2) is 13.1. The quantitative estimate of drug-likeness (QED) is 0.381. The average Bonchev–Trinajstić information content (AvgIpc) is 2.89. The van der Waals surface area contributed by atoms with Gasteiger partial charge in [-0.1, -0.05) is 6.92 Å². The van der Waals surface area contributed by atoms with E-state index < -0.39 is 35.9 Å². The fourth-order valence-electron chi connectivity index (χ4n) is 4.26. The first-order valence-electron chi connectivity index (χ1n) is 13.2. The van der Waals surface area contributed by atoms with Gasteiger partial charge in [0.2, 0.25) is 0 Å². The molecule has 41 heavy (non-hydrogen) atoms. The van der Waals surface area contributed by atoms with Gasteiger partial charge in [-0.25, -0.2) is 9.59 Å². The Kier molecular flexibility index (Phi) is 10.1. The minimum atomic E-state index is -4.48. The number of urea groups is 2. The van der Waals surface area contributed by atoms with E-state index in [1.165, 1.54) is 35.0 Å². The number of hydrogen-bond donors (Lipinski definition) is 4. The van der Waals surface area contributed by atoms with Crippen molar-refractivity contribution >= 4 is 29.3 Å². The maximum Gasteiger partial charge on any atom is 0.416 e. The van der Waals surface area contributed by atoms with Crippen molar-refractivity contribution in [2.45, 2.75) is 52.1 Å². The van der Waals surface area contributed by atoms with Crippen LogP contribution in [0, 0.1) is 5.92 Å². The molecule has 2 aromatic rings. The van der Waals surface area contributed by atoms with Gasteiger partial charge in [0.05, 0.1) is 30.3 Å². The van der Waals surface area contributed by atoms with E-state index >= 15 is 0 Å². The van der Waals surface area contributed by atoms with E-state index in [0.717, 1.165) is 12.1 Å². The number of rotatable bonds is 7. The topological polar surface area (TPSA) is 123 Å². The molecule has 224 valence electrons. The number of aliphatic hydroxyl groups is 1. The largest absolute Gasteiger partial charge is 0.487 e. The third kappa shape index (κ3) is 8.26. The standard InChI is InChI=1S/C28H36F3N5O5/c1-16(2)32-26(39)33-21-10-11-23-22(12-21)25(38)36(18(4)15-37)13-17(3)24(41-23)14-35(5)27(40)34-20-8-6-19(7-9-20)28(29,30)31/h6-12,16-18,24,37H,13-15H2,1-5H3,(H,34,40)(H2,32,33,39)/t17-,18+,24-/m1/s1. The van der Waals surface area contributed by atoms with Crippen LogP contribution >= 0.6 is 0 Å². The molecule has 13 heteroatoms. The first-order chi connectivity index (χ1) is 19.2. The van der Waals surface area contributed by atoms with Crippen LogP contribution in [0.2, 0.25) is 0 Å². The van der Waals surface area contributed by atoms with Crippen LogP contribution in [-0.4, -0.2) is 77.8 Å². The Morgan fingerprint density at radius 2 is 1.73 bits per heavy atom. The zero-order valence-corrected chi connectivity index (χ0v) is 23.6. The molecule has 4 N–H and O–H groups in total. The van der Waals surface area contributed by atoms with Crippen LogP contribution < -0.4 is 20.7 Å². The van der Waals surface area contributed by atoms with Crippen molar-refractivity contribution in [3.8, 4) is 5.75 Å². The molecule has 0 unspecified atom stereocenters. The third-order valence-corrected chi connectivity index (χ3v) is 6.61. The first kappa shape index (κ1) is 31.5. The van der Waals surface area contributed by atoms with Crippen molar-refractivity contribution in [1.29, 1.82) is 0 Å². The number of benzene rings is 2. The summed E-state index contributed by atoms with van der Waals surface area (Å²) < 4.78 is 44.8. The second-order valence-electron chi connectivity index (χ2n) is 10.5. The van der Waals surface area contributed by atoms with Crippen molar-refractivity contribution in [3.05, 3.63) is 53.6 Å². The van der Waals surface area contributed by atoms with Crippen molar-refractivity contribution < 1.29 is 37.4 Å². The highest BCUT2D eigenvalue weighted by atomic mass is 19.4. The number of amides is 5. The fraction of sp³-hybridized carbons (Fsp3) is 0.464. The zero-order valence-electron chi connectivity index (χ0n) is 23.6. The molecule has 0 aliphatic carbocycles. The van der Waals surface area contributed by atoms with Gasteiger partial charge >= 0.3 is 18.2 Å². The molecule has 0 fully saturated rings. The molecule has 0 radical (unpaired) electrons. The molecule has 0 saturated heterocycles. The molecular formula is C28H36F3N5O5. The second-order valence-corrected chi connectivity index (χ2v) is 10.5. The molecule has 3 atom stereocenters. The van der Waals surface area contributed by atoms with Gasteiger partial charge in [0.15, 0.2) is 0 Å². The summed E-state index contributed by atoms with van der Waals surface area (Å²) in [5.41, 5.74) is -0.0775. The summed E-state index contributed by atoms with van der Waals surface area (Å²) >= 11 is 0. The van der Waals surface area contributed by atoms with E-state index in [-0.39, 0.29) is 54.6 Å². The van der Waals surface area contributed by atoms with Crippen molar-refractivity contribution in [3.63, 3.8) is 0 Å². The van der Waals surface area contributed by atoms with Crippen LogP contribution in [0.15, 0.2) is 42.5 Å². The molecular weight excluding hydrogens is 543 g/mol. The van der Waals surface area contributed by atoms with Crippen LogP contribution in [0.3, 0.4) is 0 Å². The van der Waals surface area contributed by atoms with Crippen LogP contribution in [0.5, 0.6) is 5.75 Å². The SMILES string of the molecule is CC(C)NC(=O)Nc1ccc2c(c1)C(=O)N([C@@H](C)CO)C[C@@H](C)[C@@H](CN(C)C(=O)Nc1ccc(C(F)(F)F)cc1)O2. The molecule has 2 aromatic carbocycles. The van der Waals surface area contributed by atoms with E-state index in [1.54, 1.807) is 19.1 Å². The van der Waals surface area contributed by atoms with Crippen molar-refractivity contribution in [2.75, 3.05) is 37.4 Å². The highest BCUT2D eigenvalue weighted by molar-refractivity contribution is 5.99. The predicted molar refractivity (Wildman–Crippen MR) is 148 cm³/mol. The highest BCUT2D eigenvalue weighted by Gasteiger charge is 2.34. The van der Waals surface area contributed by atoms with Gasteiger partial charge in [-0.15, -0.1) is 0 Å². The average molecular weight is 580 g/mol. The number of ether oxygens (including phenoxy) is 1. The predicted octanol–water partition coefficient (Wildman–Crippen LogP) is 4.62. The van der Waals surface area contributed by atoms with Crippen LogP contribution in [0.25, 0.3) is 0 Å². The van der Waals surface area contributed by atoms with E-state index in [1.807, 2.05) is 20.8 Å². The maximum atomic E-state index is 13.5. The smallest absolute Gasteiger partial charge is 0.416 e. The molecule has 1 heterocycles. The van der Waals surface area contributed by atoms with Gasteiger partial charge in [-0.2, -0.15) is 13.2 Å². The molecule has 0 spiro atoms. The van der Waals surface area contributed by atoms with Gasteiger partial charge in [0.1, 0.15) is 11.9 Å². The number of nitrogens with zero attached hydrogens (tertiary/aromatic N) is 2. The number of halogens is 3. The van der Waals surface area contributed by atoms with Crippen LogP contribution in [0.4, 0.5) is 34.1 Å². The Hall–Kier alpha value is -4.00. The summed E-state index contributed by atoms with van der Waals surface area (Å²) in [6, 6.07) is 7.17. The van der Waals surface area contributed by atoms with Gasteiger partial charge < -0.3 is 35.6 Å². The molecule has 1 aliphatic rings. The normalized spacial score (nSPS) is 18.0. The number of aliphatic hydroxyl groups excluding tert-OH is 1. The highest BCUT2D eigenvalue weighted by Crippen LogP contribution is 2.31. The van der Waals surface area contributed by atoms with Crippen molar-refractivity contribution in [2.24, 2.45) is 5.92 Å². The minimum absolute atomic E-state index is 0.0827. The molecule has 0 aromatic heterocycles. The number of likely N-dealkylation sites (N-methyl/N-ethyl adjacent to an activating group) is 1. The zero-order chi connectivity index (χ0) is 30.5. The summed E-state index contributed by atoms with van der Waals surface area (Å²) in [7, 11) is 1.52. The number of carbonyl (C=O) groups excluding carboxylic acids is 3. The lowest BCUT2D eigenvalue weighted by Crippen LogP contribution is -2.50. The monoisotopic (exact) mass is 579 g/mol. The minimum Gasteiger partial charge on any atom is -0.487 e. The first-order valence-corrected chi connectivity index (χ1v) is 13.2. The van der Waals surface area contributed by atoms with E-state index in [2.05, 4.69) is 16.0 Å². The number of fused-ring (bicyclic) bond motifs is 1. The van der Waals surface area contributed by atoms with Gasteiger partial charge in [-0.05, 0) is 63.2 Å². The lowest BCUT2D eigenvalue weighted by Gasteiger charge is -2.38. The van der Waals surface area contributed by atoms with E-state index in [4.69, 9.17) is 4.74 Å².